The minimum absolute atomic E-state index is 0.353. The molecule has 1 fully saturated rings. The van der Waals surface area contributed by atoms with E-state index in [1.165, 1.54) is 12.8 Å². The van der Waals surface area contributed by atoms with Gasteiger partial charge in [0.25, 0.3) is 0 Å². The molecule has 0 saturated heterocycles. The number of nitrogens with zero attached hydrogens (tertiary/aromatic N) is 1. The van der Waals surface area contributed by atoms with Gasteiger partial charge in [-0.3, -0.25) is 4.90 Å². The van der Waals surface area contributed by atoms with Crippen LogP contribution in [-0.2, 0) is 0 Å². The molecule has 20 heavy (non-hydrogen) atoms. The summed E-state index contributed by atoms with van der Waals surface area (Å²) in [6.07, 6.45) is 2.40. The lowest BCUT2D eigenvalue weighted by Crippen LogP contribution is -2.44. The number of hydrogen-bond donors (Lipinski definition) is 1. The molecular weight excluding hydrogens is 265 g/mol. The summed E-state index contributed by atoms with van der Waals surface area (Å²) >= 11 is 0. The van der Waals surface area contributed by atoms with Crippen LogP contribution in [0.3, 0.4) is 0 Å². The van der Waals surface area contributed by atoms with Gasteiger partial charge < -0.3 is 5.32 Å². The Hall–Kier alpha value is -0.290. The van der Waals surface area contributed by atoms with Crippen molar-refractivity contribution in [1.82, 2.24) is 10.2 Å². The molecule has 5 heteroatoms. The van der Waals surface area contributed by atoms with E-state index in [9.17, 15) is 13.2 Å². The lowest BCUT2D eigenvalue weighted by molar-refractivity contribution is -0.147. The molecule has 0 aliphatic heterocycles. The quantitative estimate of drug-likeness (QED) is 0.718. The van der Waals surface area contributed by atoms with Crippen molar-refractivity contribution in [2.75, 3.05) is 26.2 Å². The van der Waals surface area contributed by atoms with Gasteiger partial charge in [-0.05, 0) is 38.3 Å². The van der Waals surface area contributed by atoms with E-state index in [4.69, 9.17) is 0 Å². The van der Waals surface area contributed by atoms with Gasteiger partial charge in [-0.1, -0.05) is 33.1 Å². The molecule has 0 amide bonds. The Labute approximate surface area is 121 Å². The topological polar surface area (TPSA) is 15.3 Å². The number of rotatable bonds is 7. The molecule has 0 aromatic carbocycles. The van der Waals surface area contributed by atoms with Crippen molar-refractivity contribution in [3.05, 3.63) is 0 Å². The van der Waals surface area contributed by atoms with E-state index < -0.39 is 12.7 Å². The first-order valence-corrected chi connectivity index (χ1v) is 7.98. The zero-order chi connectivity index (χ0) is 15.0. The highest BCUT2D eigenvalue weighted by Crippen LogP contribution is 2.26. The summed E-state index contributed by atoms with van der Waals surface area (Å²) in [5, 5.41) is 3.48. The van der Waals surface area contributed by atoms with Gasteiger partial charge in [-0.25, -0.2) is 0 Å². The summed E-state index contributed by atoms with van der Waals surface area (Å²) in [4.78, 5) is 1.60. The van der Waals surface area contributed by atoms with Crippen LogP contribution in [0.5, 0.6) is 0 Å². The second kappa shape index (κ2) is 8.88. The van der Waals surface area contributed by atoms with Crippen LogP contribution < -0.4 is 5.32 Å². The molecule has 1 saturated carbocycles. The SMILES string of the molecule is CCCN(CC1CCCCCC1NCC)CC(F)(F)F. The maximum absolute atomic E-state index is 12.7. The molecule has 2 nitrogen and oxygen atoms in total. The Morgan fingerprint density at radius 2 is 1.80 bits per heavy atom. The minimum atomic E-state index is -4.09. The van der Waals surface area contributed by atoms with Gasteiger partial charge in [0.15, 0.2) is 0 Å². The summed E-state index contributed by atoms with van der Waals surface area (Å²) in [7, 11) is 0. The second-order valence-electron chi connectivity index (χ2n) is 5.91. The summed E-state index contributed by atoms with van der Waals surface area (Å²) < 4.78 is 38.0. The van der Waals surface area contributed by atoms with Crippen LogP contribution in [0.2, 0.25) is 0 Å². The molecule has 1 N–H and O–H groups in total. The van der Waals surface area contributed by atoms with Gasteiger partial charge in [0.1, 0.15) is 0 Å². The molecule has 1 aliphatic rings. The van der Waals surface area contributed by atoms with E-state index in [-0.39, 0.29) is 0 Å². The fourth-order valence-corrected chi connectivity index (χ4v) is 3.27. The molecule has 0 bridgehead atoms. The van der Waals surface area contributed by atoms with Crippen LogP contribution in [0.1, 0.15) is 52.4 Å². The van der Waals surface area contributed by atoms with Crippen molar-refractivity contribution < 1.29 is 13.2 Å². The van der Waals surface area contributed by atoms with Crippen molar-refractivity contribution in [2.45, 2.75) is 64.6 Å². The van der Waals surface area contributed by atoms with Gasteiger partial charge in [-0.15, -0.1) is 0 Å². The van der Waals surface area contributed by atoms with Crippen molar-refractivity contribution in [1.29, 1.82) is 0 Å². The molecule has 1 rings (SSSR count). The van der Waals surface area contributed by atoms with E-state index in [0.717, 1.165) is 32.2 Å². The van der Waals surface area contributed by atoms with Crippen LogP contribution in [0.15, 0.2) is 0 Å². The average Bonchev–Trinajstić information content (AvgIpc) is 2.54. The predicted octanol–water partition coefficient (Wildman–Crippen LogP) is 3.82. The number of nitrogens with one attached hydrogen (secondary N) is 1. The number of alkyl halides is 3. The van der Waals surface area contributed by atoms with Crippen LogP contribution in [-0.4, -0.2) is 43.3 Å². The maximum atomic E-state index is 12.7. The highest BCUT2D eigenvalue weighted by molar-refractivity contribution is 4.82. The Morgan fingerprint density at radius 1 is 1.10 bits per heavy atom. The Kier molecular flexibility index (Phi) is 7.88. The Bertz CT molecular complexity index is 256. The minimum Gasteiger partial charge on any atom is -0.314 e. The third kappa shape index (κ3) is 6.93. The van der Waals surface area contributed by atoms with E-state index in [1.807, 2.05) is 6.92 Å². The standard InChI is InChI=1S/C15H29F3N2/c1-3-10-20(12-15(16,17)18)11-13-8-6-5-7-9-14(13)19-4-2/h13-14,19H,3-12H2,1-2H3. The summed E-state index contributed by atoms with van der Waals surface area (Å²) in [6, 6.07) is 0.384. The third-order valence-electron chi connectivity index (χ3n) is 4.06. The van der Waals surface area contributed by atoms with Crippen LogP contribution >= 0.6 is 0 Å². The first-order chi connectivity index (χ1) is 9.46. The summed E-state index contributed by atoms with van der Waals surface area (Å²) in [5.74, 6) is 0.353. The van der Waals surface area contributed by atoms with Crippen LogP contribution in [0.4, 0.5) is 13.2 Å². The van der Waals surface area contributed by atoms with Gasteiger partial charge in [-0.2, -0.15) is 13.2 Å². The first kappa shape index (κ1) is 17.8. The third-order valence-corrected chi connectivity index (χ3v) is 4.06. The first-order valence-electron chi connectivity index (χ1n) is 7.98. The maximum Gasteiger partial charge on any atom is 0.401 e. The van der Waals surface area contributed by atoms with E-state index in [0.29, 0.717) is 25.0 Å². The van der Waals surface area contributed by atoms with E-state index >= 15 is 0 Å². The summed E-state index contributed by atoms with van der Waals surface area (Å²) in [5.41, 5.74) is 0. The molecule has 1 aliphatic carbocycles. The normalized spacial score (nSPS) is 24.9. The average molecular weight is 294 g/mol. The molecule has 0 aromatic heterocycles. The fraction of sp³-hybridized carbons (Fsp3) is 1.00. The van der Waals surface area contributed by atoms with Crippen molar-refractivity contribution in [2.24, 2.45) is 5.92 Å². The van der Waals surface area contributed by atoms with E-state index in [1.54, 1.807) is 4.90 Å². The zero-order valence-corrected chi connectivity index (χ0v) is 12.8. The van der Waals surface area contributed by atoms with Crippen molar-refractivity contribution in [3.8, 4) is 0 Å². The molecule has 120 valence electrons. The zero-order valence-electron chi connectivity index (χ0n) is 12.8. The molecule has 0 spiro atoms. The monoisotopic (exact) mass is 294 g/mol. The molecule has 2 unspecified atom stereocenters. The van der Waals surface area contributed by atoms with Gasteiger partial charge in [0.05, 0.1) is 6.54 Å². The van der Waals surface area contributed by atoms with Gasteiger partial charge in [0, 0.05) is 12.6 Å². The van der Waals surface area contributed by atoms with Gasteiger partial charge in [0.2, 0.25) is 0 Å². The molecule has 2 atom stereocenters. The van der Waals surface area contributed by atoms with Crippen LogP contribution in [0.25, 0.3) is 0 Å². The van der Waals surface area contributed by atoms with Crippen molar-refractivity contribution >= 4 is 0 Å². The van der Waals surface area contributed by atoms with E-state index in [2.05, 4.69) is 12.2 Å². The lowest BCUT2D eigenvalue weighted by atomic mass is 9.94. The number of halogens is 3. The fourth-order valence-electron chi connectivity index (χ4n) is 3.27. The molecular formula is C15H29F3N2. The van der Waals surface area contributed by atoms with Crippen molar-refractivity contribution in [3.63, 3.8) is 0 Å². The number of hydrogen-bond acceptors (Lipinski definition) is 2. The lowest BCUT2D eigenvalue weighted by Gasteiger charge is -2.32. The summed E-state index contributed by atoms with van der Waals surface area (Å²) in [6.45, 7) is 5.25. The molecule has 0 radical (unpaired) electrons. The largest absolute Gasteiger partial charge is 0.401 e. The Morgan fingerprint density at radius 3 is 2.40 bits per heavy atom. The second-order valence-corrected chi connectivity index (χ2v) is 5.91. The highest BCUT2D eigenvalue weighted by atomic mass is 19.4. The predicted molar refractivity (Wildman–Crippen MR) is 76.8 cm³/mol. The molecule has 0 heterocycles. The molecule has 0 aromatic rings. The smallest absolute Gasteiger partial charge is 0.314 e. The van der Waals surface area contributed by atoms with Gasteiger partial charge >= 0.3 is 6.18 Å². The Balaban J connectivity index is 2.61. The van der Waals surface area contributed by atoms with Crippen LogP contribution in [0, 0.1) is 5.92 Å². The highest BCUT2D eigenvalue weighted by Gasteiger charge is 2.32.